The first-order valence-electron chi connectivity index (χ1n) is 5.71. The highest BCUT2D eigenvalue weighted by Crippen LogP contribution is 2.22. The molecular weight excluding hydrogens is 344 g/mol. The van der Waals surface area contributed by atoms with Crippen LogP contribution in [0, 0.1) is 6.92 Å². The van der Waals surface area contributed by atoms with Crippen LogP contribution in [0.25, 0.3) is 0 Å². The van der Waals surface area contributed by atoms with Gasteiger partial charge in [0.05, 0.1) is 10.6 Å². The second kappa shape index (κ2) is 6.21. The standard InChI is InChI=1S/C13H12BrClN4O/c1-7-2-3-9(5-10(7)14)18-13(20)8-4-11(15)12(19-16)17-6-8/h2-6H,16H2,1H3,(H,17,19)(H,18,20). The summed E-state index contributed by atoms with van der Waals surface area (Å²) >= 11 is 9.35. The lowest BCUT2D eigenvalue weighted by molar-refractivity contribution is 0.102. The number of carbonyl (C=O) groups is 1. The highest BCUT2D eigenvalue weighted by atomic mass is 79.9. The van der Waals surface area contributed by atoms with E-state index in [1.807, 2.05) is 25.1 Å². The maximum Gasteiger partial charge on any atom is 0.257 e. The van der Waals surface area contributed by atoms with Gasteiger partial charge in [0.2, 0.25) is 0 Å². The van der Waals surface area contributed by atoms with Crippen molar-refractivity contribution in [1.29, 1.82) is 0 Å². The van der Waals surface area contributed by atoms with Gasteiger partial charge >= 0.3 is 0 Å². The summed E-state index contributed by atoms with van der Waals surface area (Å²) in [4.78, 5) is 16.0. The molecule has 0 aliphatic heterocycles. The molecule has 1 aromatic carbocycles. The van der Waals surface area contributed by atoms with Crippen LogP contribution in [0.4, 0.5) is 11.5 Å². The number of nitrogen functional groups attached to an aromatic ring is 1. The van der Waals surface area contributed by atoms with Crippen molar-refractivity contribution < 1.29 is 4.79 Å². The van der Waals surface area contributed by atoms with Gasteiger partial charge in [-0.05, 0) is 30.7 Å². The number of rotatable bonds is 3. The van der Waals surface area contributed by atoms with E-state index in [9.17, 15) is 4.79 Å². The Morgan fingerprint density at radius 1 is 1.40 bits per heavy atom. The molecule has 0 aliphatic carbocycles. The van der Waals surface area contributed by atoms with E-state index >= 15 is 0 Å². The molecular formula is C13H12BrClN4O. The Hall–Kier alpha value is -1.63. The number of hydrogen-bond acceptors (Lipinski definition) is 4. The molecule has 0 aliphatic rings. The molecule has 0 atom stereocenters. The quantitative estimate of drug-likeness (QED) is 0.583. The van der Waals surface area contributed by atoms with E-state index in [2.05, 4.69) is 31.7 Å². The van der Waals surface area contributed by atoms with Gasteiger partial charge in [0.1, 0.15) is 0 Å². The molecule has 1 aromatic heterocycles. The lowest BCUT2D eigenvalue weighted by Crippen LogP contribution is -2.14. The Kier molecular flexibility index (Phi) is 4.59. The number of hydrogen-bond donors (Lipinski definition) is 3. The Balaban J connectivity index is 2.19. The summed E-state index contributed by atoms with van der Waals surface area (Å²) in [6.07, 6.45) is 1.40. The minimum Gasteiger partial charge on any atom is -0.322 e. The molecule has 0 saturated heterocycles. The summed E-state index contributed by atoms with van der Waals surface area (Å²) in [7, 11) is 0. The minimum absolute atomic E-state index is 0.283. The smallest absolute Gasteiger partial charge is 0.257 e. The predicted molar refractivity (Wildman–Crippen MR) is 83.9 cm³/mol. The largest absolute Gasteiger partial charge is 0.322 e. The number of pyridine rings is 1. The highest BCUT2D eigenvalue weighted by molar-refractivity contribution is 9.10. The van der Waals surface area contributed by atoms with Crippen LogP contribution in [0.15, 0.2) is 34.9 Å². The molecule has 0 bridgehead atoms. The zero-order valence-electron chi connectivity index (χ0n) is 10.6. The summed E-state index contributed by atoms with van der Waals surface area (Å²) < 4.78 is 0.925. The van der Waals surface area contributed by atoms with E-state index in [1.54, 1.807) is 0 Å². The number of carbonyl (C=O) groups excluding carboxylic acids is 1. The second-order valence-corrected chi connectivity index (χ2v) is 5.38. The van der Waals surface area contributed by atoms with Crippen molar-refractivity contribution in [3.05, 3.63) is 51.1 Å². The van der Waals surface area contributed by atoms with Crippen molar-refractivity contribution in [3.8, 4) is 0 Å². The van der Waals surface area contributed by atoms with Crippen molar-refractivity contribution in [2.45, 2.75) is 6.92 Å². The molecule has 0 fully saturated rings. The molecule has 2 aromatic rings. The lowest BCUT2D eigenvalue weighted by atomic mass is 10.2. The predicted octanol–water partition coefficient (Wildman–Crippen LogP) is 3.34. The van der Waals surface area contributed by atoms with Crippen LogP contribution >= 0.6 is 27.5 Å². The summed E-state index contributed by atoms with van der Waals surface area (Å²) in [5.74, 6) is 5.26. The Morgan fingerprint density at radius 3 is 2.75 bits per heavy atom. The van der Waals surface area contributed by atoms with Crippen LogP contribution < -0.4 is 16.6 Å². The zero-order chi connectivity index (χ0) is 14.7. The van der Waals surface area contributed by atoms with Crippen LogP contribution in [0.1, 0.15) is 15.9 Å². The van der Waals surface area contributed by atoms with Gasteiger partial charge in [-0.3, -0.25) is 4.79 Å². The average Bonchev–Trinajstić information content (AvgIpc) is 2.42. The number of halogens is 2. The molecule has 0 spiro atoms. The number of anilines is 2. The molecule has 1 amide bonds. The first-order valence-corrected chi connectivity index (χ1v) is 6.88. The Morgan fingerprint density at radius 2 is 2.15 bits per heavy atom. The zero-order valence-corrected chi connectivity index (χ0v) is 12.9. The SMILES string of the molecule is Cc1ccc(NC(=O)c2cnc(NN)c(Cl)c2)cc1Br. The maximum absolute atomic E-state index is 12.1. The second-order valence-electron chi connectivity index (χ2n) is 4.12. The highest BCUT2D eigenvalue weighted by Gasteiger charge is 2.10. The molecule has 20 heavy (non-hydrogen) atoms. The van der Waals surface area contributed by atoms with E-state index in [-0.39, 0.29) is 10.9 Å². The number of aromatic nitrogens is 1. The third-order valence-electron chi connectivity index (χ3n) is 2.67. The first kappa shape index (κ1) is 14.8. The molecule has 0 saturated carbocycles. The fraction of sp³-hybridized carbons (Fsp3) is 0.0769. The monoisotopic (exact) mass is 354 g/mol. The molecule has 1 heterocycles. The number of hydrazine groups is 1. The van der Waals surface area contributed by atoms with Crippen molar-refractivity contribution in [2.24, 2.45) is 5.84 Å². The van der Waals surface area contributed by atoms with Crippen molar-refractivity contribution >= 4 is 44.9 Å². The molecule has 5 nitrogen and oxygen atoms in total. The van der Waals surface area contributed by atoms with Gasteiger partial charge in [0.25, 0.3) is 5.91 Å². The topological polar surface area (TPSA) is 80.0 Å². The fourth-order valence-electron chi connectivity index (χ4n) is 1.54. The third-order valence-corrected chi connectivity index (χ3v) is 3.81. The number of nitrogens with two attached hydrogens (primary N) is 1. The average molecular weight is 356 g/mol. The van der Waals surface area contributed by atoms with Crippen molar-refractivity contribution in [2.75, 3.05) is 10.7 Å². The van der Waals surface area contributed by atoms with Crippen LogP contribution in [0.3, 0.4) is 0 Å². The van der Waals surface area contributed by atoms with E-state index in [4.69, 9.17) is 17.4 Å². The van der Waals surface area contributed by atoms with Crippen molar-refractivity contribution in [3.63, 3.8) is 0 Å². The lowest BCUT2D eigenvalue weighted by Gasteiger charge is -2.08. The Bertz CT molecular complexity index is 663. The molecule has 104 valence electrons. The summed E-state index contributed by atoms with van der Waals surface area (Å²) in [5.41, 5.74) is 4.47. The van der Waals surface area contributed by atoms with Gasteiger partial charge in [-0.25, -0.2) is 10.8 Å². The number of nitrogens with one attached hydrogen (secondary N) is 2. The number of nitrogens with zero attached hydrogens (tertiary/aromatic N) is 1. The summed E-state index contributed by atoms with van der Waals surface area (Å²) in [6.45, 7) is 1.97. The first-order chi connectivity index (χ1) is 9.51. The van der Waals surface area contributed by atoms with Gasteiger partial charge < -0.3 is 10.7 Å². The van der Waals surface area contributed by atoms with Gasteiger partial charge in [-0.15, -0.1) is 0 Å². The van der Waals surface area contributed by atoms with Gasteiger partial charge in [-0.1, -0.05) is 33.6 Å². The molecule has 0 unspecified atom stereocenters. The van der Waals surface area contributed by atoms with E-state index in [1.165, 1.54) is 12.3 Å². The van der Waals surface area contributed by atoms with Crippen LogP contribution in [-0.4, -0.2) is 10.9 Å². The molecule has 4 N–H and O–H groups in total. The van der Waals surface area contributed by atoms with Gasteiger partial charge in [0.15, 0.2) is 5.82 Å². The maximum atomic E-state index is 12.1. The van der Waals surface area contributed by atoms with Crippen LogP contribution in [0.5, 0.6) is 0 Å². The van der Waals surface area contributed by atoms with E-state index in [0.717, 1.165) is 10.0 Å². The normalized spacial score (nSPS) is 10.2. The molecule has 7 heteroatoms. The van der Waals surface area contributed by atoms with Crippen LogP contribution in [-0.2, 0) is 0 Å². The third kappa shape index (κ3) is 3.27. The minimum atomic E-state index is -0.293. The van der Waals surface area contributed by atoms with E-state index in [0.29, 0.717) is 17.1 Å². The fourth-order valence-corrected chi connectivity index (χ4v) is 2.14. The molecule has 0 radical (unpaired) electrons. The number of aryl methyl sites for hydroxylation is 1. The summed E-state index contributed by atoms with van der Waals surface area (Å²) in [5, 5.41) is 3.05. The van der Waals surface area contributed by atoms with Gasteiger partial charge in [0, 0.05) is 16.4 Å². The summed E-state index contributed by atoms with van der Waals surface area (Å²) in [6, 6.07) is 7.07. The Labute approximate surface area is 129 Å². The van der Waals surface area contributed by atoms with Gasteiger partial charge in [-0.2, -0.15) is 0 Å². The molecule has 2 rings (SSSR count). The van der Waals surface area contributed by atoms with Crippen molar-refractivity contribution in [1.82, 2.24) is 4.98 Å². The van der Waals surface area contributed by atoms with Crippen LogP contribution in [0.2, 0.25) is 5.02 Å². The number of benzene rings is 1. The van der Waals surface area contributed by atoms with E-state index < -0.39 is 0 Å². The number of amides is 1.